The van der Waals surface area contributed by atoms with Crippen LogP contribution in [0.15, 0.2) is 18.2 Å². The minimum atomic E-state index is 0.328. The van der Waals surface area contributed by atoms with Crippen LogP contribution in [-0.2, 0) is 11.3 Å². The number of hydrogen-bond acceptors (Lipinski definition) is 3. The molecule has 3 heteroatoms. The van der Waals surface area contributed by atoms with Crippen molar-refractivity contribution in [2.24, 2.45) is 0 Å². The Kier molecular flexibility index (Phi) is 4.25. The van der Waals surface area contributed by atoms with Crippen LogP contribution in [-0.4, -0.2) is 30.2 Å². The van der Waals surface area contributed by atoms with Crippen molar-refractivity contribution in [2.75, 3.05) is 18.9 Å². The highest BCUT2D eigenvalue weighted by atomic mass is 16.5. The molecule has 100 valence electrons. The number of nitrogens with zero attached hydrogens (tertiary/aromatic N) is 1. The van der Waals surface area contributed by atoms with Gasteiger partial charge in [0.25, 0.3) is 0 Å². The van der Waals surface area contributed by atoms with Crippen molar-refractivity contribution >= 4 is 5.69 Å². The lowest BCUT2D eigenvalue weighted by Gasteiger charge is -2.38. The molecule has 0 spiro atoms. The predicted octanol–water partition coefficient (Wildman–Crippen LogP) is 2.58. The van der Waals surface area contributed by atoms with Crippen LogP contribution in [0.4, 0.5) is 5.69 Å². The third-order valence-electron chi connectivity index (χ3n) is 3.91. The zero-order chi connectivity index (χ0) is 13.1. The molecular formula is C15H24N2O. The van der Waals surface area contributed by atoms with Gasteiger partial charge in [-0.25, -0.2) is 0 Å². The van der Waals surface area contributed by atoms with E-state index in [9.17, 15) is 0 Å². The molecule has 1 aromatic rings. The molecule has 1 saturated heterocycles. The van der Waals surface area contributed by atoms with Crippen LogP contribution in [0.5, 0.6) is 0 Å². The maximum absolute atomic E-state index is 5.98. The molecule has 18 heavy (non-hydrogen) atoms. The predicted molar refractivity (Wildman–Crippen MR) is 75.5 cm³/mol. The smallest absolute Gasteiger partial charge is 0.0674 e. The Morgan fingerprint density at radius 1 is 1.44 bits per heavy atom. The van der Waals surface area contributed by atoms with E-state index in [-0.39, 0.29) is 0 Å². The molecule has 1 fully saturated rings. The zero-order valence-corrected chi connectivity index (χ0v) is 11.6. The maximum atomic E-state index is 5.98. The van der Waals surface area contributed by atoms with Crippen molar-refractivity contribution in [1.82, 2.24) is 4.90 Å². The Morgan fingerprint density at radius 3 is 2.94 bits per heavy atom. The average Bonchev–Trinajstić information content (AvgIpc) is 2.35. The molecule has 0 radical (unpaired) electrons. The lowest BCUT2D eigenvalue weighted by Crippen LogP contribution is -2.47. The van der Waals surface area contributed by atoms with Gasteiger partial charge in [-0.15, -0.1) is 0 Å². The monoisotopic (exact) mass is 248 g/mol. The largest absolute Gasteiger partial charge is 0.399 e. The highest BCUT2D eigenvalue weighted by Crippen LogP contribution is 2.21. The molecule has 1 aromatic carbocycles. The molecule has 2 N–H and O–H groups in total. The summed E-state index contributed by atoms with van der Waals surface area (Å²) < 4.78 is 5.74. The van der Waals surface area contributed by atoms with Crippen molar-refractivity contribution in [3.63, 3.8) is 0 Å². The second-order valence-electron chi connectivity index (χ2n) is 5.27. The van der Waals surface area contributed by atoms with E-state index in [1.807, 2.05) is 12.1 Å². The van der Waals surface area contributed by atoms with E-state index in [0.717, 1.165) is 31.8 Å². The van der Waals surface area contributed by atoms with E-state index in [1.54, 1.807) is 0 Å². The van der Waals surface area contributed by atoms with Crippen LogP contribution in [0.2, 0.25) is 0 Å². The summed E-state index contributed by atoms with van der Waals surface area (Å²) in [5.74, 6) is 0. The fourth-order valence-corrected chi connectivity index (χ4v) is 2.58. The Labute approximate surface area is 110 Å². The lowest BCUT2D eigenvalue weighted by atomic mass is 10.0. The van der Waals surface area contributed by atoms with Crippen LogP contribution in [0.25, 0.3) is 0 Å². The van der Waals surface area contributed by atoms with E-state index in [2.05, 4.69) is 31.7 Å². The number of anilines is 1. The molecule has 0 amide bonds. The van der Waals surface area contributed by atoms with E-state index >= 15 is 0 Å². The number of morpholine rings is 1. The van der Waals surface area contributed by atoms with Gasteiger partial charge in [0.1, 0.15) is 0 Å². The van der Waals surface area contributed by atoms with E-state index in [1.165, 1.54) is 11.1 Å². The first kappa shape index (κ1) is 13.4. The molecular weight excluding hydrogens is 224 g/mol. The van der Waals surface area contributed by atoms with Gasteiger partial charge in [0.2, 0.25) is 0 Å². The Balaban J connectivity index is 2.13. The summed E-state index contributed by atoms with van der Waals surface area (Å²) in [7, 11) is 0. The van der Waals surface area contributed by atoms with Gasteiger partial charge in [-0.2, -0.15) is 0 Å². The molecule has 3 nitrogen and oxygen atoms in total. The van der Waals surface area contributed by atoms with Gasteiger partial charge in [-0.05, 0) is 37.5 Å². The standard InChI is InChI=1S/C15H24N2O/c1-4-14-10-18-11(2)8-17(14)9-13-6-5-7-15(16)12(13)3/h5-7,11,14H,4,8-10,16H2,1-3H3. The summed E-state index contributed by atoms with van der Waals surface area (Å²) in [4.78, 5) is 2.52. The fraction of sp³-hybridized carbons (Fsp3) is 0.600. The molecule has 1 aliphatic rings. The summed E-state index contributed by atoms with van der Waals surface area (Å²) >= 11 is 0. The molecule has 2 atom stereocenters. The first-order valence-electron chi connectivity index (χ1n) is 6.81. The molecule has 1 aliphatic heterocycles. The SMILES string of the molecule is CCC1COC(C)CN1Cc1cccc(N)c1C. The number of nitrogen functional groups attached to an aromatic ring is 1. The van der Waals surface area contributed by atoms with Gasteiger partial charge in [0, 0.05) is 24.8 Å². The topological polar surface area (TPSA) is 38.5 Å². The average molecular weight is 248 g/mol. The quantitative estimate of drug-likeness (QED) is 0.836. The van der Waals surface area contributed by atoms with Gasteiger partial charge in [0.15, 0.2) is 0 Å². The summed E-state index contributed by atoms with van der Waals surface area (Å²) in [5.41, 5.74) is 9.42. The zero-order valence-electron chi connectivity index (χ0n) is 11.6. The summed E-state index contributed by atoms with van der Waals surface area (Å²) in [6.07, 6.45) is 1.46. The Hall–Kier alpha value is -1.06. The lowest BCUT2D eigenvalue weighted by molar-refractivity contribution is -0.0592. The van der Waals surface area contributed by atoms with Crippen molar-refractivity contribution in [2.45, 2.75) is 45.9 Å². The first-order valence-corrected chi connectivity index (χ1v) is 6.81. The fourth-order valence-electron chi connectivity index (χ4n) is 2.58. The Morgan fingerprint density at radius 2 is 2.22 bits per heavy atom. The van der Waals surface area contributed by atoms with Crippen molar-refractivity contribution in [3.8, 4) is 0 Å². The van der Waals surface area contributed by atoms with Crippen LogP contribution < -0.4 is 5.73 Å². The van der Waals surface area contributed by atoms with Crippen molar-refractivity contribution in [1.29, 1.82) is 0 Å². The van der Waals surface area contributed by atoms with Gasteiger partial charge in [-0.1, -0.05) is 19.1 Å². The van der Waals surface area contributed by atoms with E-state index in [0.29, 0.717) is 12.1 Å². The van der Waals surface area contributed by atoms with Crippen LogP contribution in [0.3, 0.4) is 0 Å². The molecule has 1 heterocycles. The third-order valence-corrected chi connectivity index (χ3v) is 3.91. The normalized spacial score (nSPS) is 25.3. The minimum absolute atomic E-state index is 0.328. The molecule has 2 unspecified atom stereocenters. The number of hydrogen-bond donors (Lipinski definition) is 1. The second kappa shape index (κ2) is 5.72. The molecule has 0 saturated carbocycles. The van der Waals surface area contributed by atoms with Gasteiger partial charge >= 0.3 is 0 Å². The highest BCUT2D eigenvalue weighted by Gasteiger charge is 2.25. The van der Waals surface area contributed by atoms with Crippen LogP contribution in [0, 0.1) is 6.92 Å². The number of nitrogens with two attached hydrogens (primary N) is 1. The number of ether oxygens (including phenoxy) is 1. The number of rotatable bonds is 3. The molecule has 0 aliphatic carbocycles. The summed E-state index contributed by atoms with van der Waals surface area (Å²) in [6, 6.07) is 6.72. The minimum Gasteiger partial charge on any atom is -0.399 e. The molecule has 2 rings (SSSR count). The maximum Gasteiger partial charge on any atom is 0.0674 e. The number of benzene rings is 1. The Bertz CT molecular complexity index is 405. The molecule has 0 bridgehead atoms. The van der Waals surface area contributed by atoms with Crippen molar-refractivity contribution < 1.29 is 4.74 Å². The molecule has 0 aromatic heterocycles. The van der Waals surface area contributed by atoms with Gasteiger partial charge in [-0.3, -0.25) is 4.90 Å². The second-order valence-corrected chi connectivity index (χ2v) is 5.27. The summed E-state index contributed by atoms with van der Waals surface area (Å²) in [6.45, 7) is 9.30. The first-order chi connectivity index (χ1) is 8.61. The summed E-state index contributed by atoms with van der Waals surface area (Å²) in [5, 5.41) is 0. The van der Waals surface area contributed by atoms with Crippen LogP contribution >= 0.6 is 0 Å². The van der Waals surface area contributed by atoms with Crippen LogP contribution in [0.1, 0.15) is 31.4 Å². The van der Waals surface area contributed by atoms with Gasteiger partial charge in [0.05, 0.1) is 12.7 Å². The van der Waals surface area contributed by atoms with Crippen molar-refractivity contribution in [3.05, 3.63) is 29.3 Å². The van der Waals surface area contributed by atoms with E-state index < -0.39 is 0 Å². The highest BCUT2D eigenvalue weighted by molar-refractivity contribution is 5.49. The van der Waals surface area contributed by atoms with E-state index in [4.69, 9.17) is 10.5 Å². The third kappa shape index (κ3) is 2.85. The van der Waals surface area contributed by atoms with Gasteiger partial charge < -0.3 is 10.5 Å².